The number of aromatic nitrogens is 3. The van der Waals surface area contributed by atoms with Crippen LogP contribution in [0.5, 0.6) is 0 Å². The molecule has 1 amide bonds. The van der Waals surface area contributed by atoms with Gasteiger partial charge in [-0.3, -0.25) is 9.20 Å². The number of carbonyl (C=O) groups excluding carboxylic acids is 1. The summed E-state index contributed by atoms with van der Waals surface area (Å²) in [5, 5.41) is 19.9. The highest BCUT2D eigenvalue weighted by Crippen LogP contribution is 2.10. The number of pyridine rings is 1. The third kappa shape index (κ3) is 3.78. The van der Waals surface area contributed by atoms with Gasteiger partial charge in [0.2, 0.25) is 0 Å². The molecule has 0 bridgehead atoms. The summed E-state index contributed by atoms with van der Waals surface area (Å²) in [4.78, 5) is 12.2. The molecule has 2 rings (SSSR count). The molecule has 6 nitrogen and oxygen atoms in total. The maximum atomic E-state index is 12.2. The number of amides is 1. The molecule has 1 atom stereocenters. The van der Waals surface area contributed by atoms with Crippen LogP contribution in [0.15, 0.2) is 18.3 Å². The first-order valence-electron chi connectivity index (χ1n) is 7.36. The van der Waals surface area contributed by atoms with Crippen molar-refractivity contribution in [3.05, 3.63) is 29.7 Å². The van der Waals surface area contributed by atoms with Crippen molar-refractivity contribution in [1.82, 2.24) is 19.9 Å². The Kier molecular flexibility index (Phi) is 5.27. The van der Waals surface area contributed by atoms with Crippen LogP contribution in [-0.4, -0.2) is 38.8 Å². The Labute approximate surface area is 124 Å². The minimum absolute atomic E-state index is 0.107. The van der Waals surface area contributed by atoms with Crippen LogP contribution in [0.3, 0.4) is 0 Å². The highest BCUT2D eigenvalue weighted by molar-refractivity contribution is 5.94. The fourth-order valence-electron chi connectivity index (χ4n) is 2.42. The number of aliphatic hydroxyl groups excluding tert-OH is 1. The largest absolute Gasteiger partial charge is 0.396 e. The average molecular weight is 290 g/mol. The molecule has 2 N–H and O–H groups in total. The van der Waals surface area contributed by atoms with E-state index in [9.17, 15) is 4.79 Å². The van der Waals surface area contributed by atoms with Gasteiger partial charge in [-0.25, -0.2) is 0 Å². The molecule has 6 heteroatoms. The smallest absolute Gasteiger partial charge is 0.252 e. The van der Waals surface area contributed by atoms with E-state index in [1.165, 1.54) is 0 Å². The Morgan fingerprint density at radius 1 is 1.38 bits per heavy atom. The fraction of sp³-hybridized carbons (Fsp3) is 0.533. The van der Waals surface area contributed by atoms with Crippen LogP contribution in [0.4, 0.5) is 0 Å². The molecular weight excluding hydrogens is 268 g/mol. The second kappa shape index (κ2) is 7.17. The van der Waals surface area contributed by atoms with E-state index in [0.29, 0.717) is 18.0 Å². The summed E-state index contributed by atoms with van der Waals surface area (Å²) < 4.78 is 1.80. The molecule has 0 saturated carbocycles. The first-order valence-corrected chi connectivity index (χ1v) is 7.36. The Morgan fingerprint density at radius 3 is 2.90 bits per heavy atom. The lowest BCUT2D eigenvalue weighted by Crippen LogP contribution is -2.30. The summed E-state index contributed by atoms with van der Waals surface area (Å²) in [7, 11) is 0. The van der Waals surface area contributed by atoms with Crippen molar-refractivity contribution in [2.45, 2.75) is 33.1 Å². The number of aryl methyl sites for hydroxylation is 1. The first kappa shape index (κ1) is 15.4. The summed E-state index contributed by atoms with van der Waals surface area (Å²) in [5.41, 5.74) is 1.32. The minimum atomic E-state index is -0.107. The number of nitrogens with zero attached hydrogens (tertiary/aromatic N) is 3. The van der Waals surface area contributed by atoms with E-state index in [4.69, 9.17) is 5.11 Å². The predicted octanol–water partition coefficient (Wildman–Crippen LogP) is 1.57. The second-order valence-electron chi connectivity index (χ2n) is 5.27. The number of aliphatic hydroxyl groups is 1. The van der Waals surface area contributed by atoms with Gasteiger partial charge in [-0.15, -0.1) is 10.2 Å². The molecule has 2 heterocycles. The molecule has 0 aliphatic rings. The van der Waals surface area contributed by atoms with Gasteiger partial charge in [-0.05, 0) is 37.8 Å². The molecule has 21 heavy (non-hydrogen) atoms. The van der Waals surface area contributed by atoms with Crippen molar-refractivity contribution in [3.63, 3.8) is 0 Å². The van der Waals surface area contributed by atoms with Crippen molar-refractivity contribution >= 4 is 11.6 Å². The molecule has 1 unspecified atom stereocenters. The molecule has 0 spiro atoms. The molecule has 2 aromatic rings. The molecular formula is C15H22N4O2. The van der Waals surface area contributed by atoms with Crippen molar-refractivity contribution in [2.24, 2.45) is 5.92 Å². The summed E-state index contributed by atoms with van der Waals surface area (Å²) in [5.74, 6) is 0.970. The summed E-state index contributed by atoms with van der Waals surface area (Å²) in [6.45, 7) is 4.70. The molecule has 0 aromatic carbocycles. The highest BCUT2D eigenvalue weighted by Gasteiger charge is 2.12. The zero-order valence-corrected chi connectivity index (χ0v) is 12.5. The molecule has 0 saturated heterocycles. The van der Waals surface area contributed by atoms with Crippen molar-refractivity contribution in [3.8, 4) is 0 Å². The van der Waals surface area contributed by atoms with Gasteiger partial charge in [0.15, 0.2) is 5.65 Å². The molecule has 0 fully saturated rings. The highest BCUT2D eigenvalue weighted by atomic mass is 16.3. The average Bonchev–Trinajstić information content (AvgIpc) is 2.86. The number of nitrogens with one attached hydrogen (secondary N) is 1. The maximum absolute atomic E-state index is 12.2. The van der Waals surface area contributed by atoms with E-state index < -0.39 is 0 Å². The maximum Gasteiger partial charge on any atom is 0.252 e. The standard InChI is InChI=1S/C15H22N4O2/c1-3-4-12(7-8-20)9-16-15(21)13-5-6-14-18-17-11(2)19(14)10-13/h5-6,10,12,20H,3-4,7-9H2,1-2H3,(H,16,21). The summed E-state index contributed by atoms with van der Waals surface area (Å²) >= 11 is 0. The van der Waals surface area contributed by atoms with Gasteiger partial charge in [-0.1, -0.05) is 13.3 Å². The summed E-state index contributed by atoms with van der Waals surface area (Å²) in [6.07, 6.45) is 4.52. The van der Waals surface area contributed by atoms with E-state index in [0.717, 1.165) is 30.7 Å². The first-order chi connectivity index (χ1) is 10.2. The minimum Gasteiger partial charge on any atom is -0.396 e. The van der Waals surface area contributed by atoms with Crippen LogP contribution >= 0.6 is 0 Å². The predicted molar refractivity (Wildman–Crippen MR) is 80.2 cm³/mol. The van der Waals surface area contributed by atoms with Crippen LogP contribution in [-0.2, 0) is 0 Å². The van der Waals surface area contributed by atoms with Crippen molar-refractivity contribution < 1.29 is 9.90 Å². The van der Waals surface area contributed by atoms with Gasteiger partial charge < -0.3 is 10.4 Å². The molecule has 2 aromatic heterocycles. The summed E-state index contributed by atoms with van der Waals surface area (Å²) in [6, 6.07) is 3.53. The monoisotopic (exact) mass is 290 g/mol. The Morgan fingerprint density at radius 2 is 2.19 bits per heavy atom. The van der Waals surface area contributed by atoms with Crippen molar-refractivity contribution in [1.29, 1.82) is 0 Å². The Balaban J connectivity index is 2.02. The van der Waals surface area contributed by atoms with E-state index in [2.05, 4.69) is 22.4 Å². The molecule has 0 radical (unpaired) electrons. The van der Waals surface area contributed by atoms with E-state index in [1.54, 1.807) is 22.7 Å². The molecule has 114 valence electrons. The normalized spacial score (nSPS) is 12.5. The third-order valence-electron chi connectivity index (χ3n) is 3.62. The van der Waals surface area contributed by atoms with Gasteiger partial charge in [0.1, 0.15) is 5.82 Å². The number of hydrogen-bond acceptors (Lipinski definition) is 4. The van der Waals surface area contributed by atoms with Gasteiger partial charge in [-0.2, -0.15) is 0 Å². The SMILES string of the molecule is CCCC(CCO)CNC(=O)c1ccc2nnc(C)n2c1. The van der Waals surface area contributed by atoms with Crippen LogP contribution in [0, 0.1) is 12.8 Å². The molecule has 0 aliphatic heterocycles. The van der Waals surface area contributed by atoms with Crippen LogP contribution in [0.25, 0.3) is 5.65 Å². The Hall–Kier alpha value is -1.95. The van der Waals surface area contributed by atoms with Crippen LogP contribution < -0.4 is 5.32 Å². The van der Waals surface area contributed by atoms with Crippen molar-refractivity contribution in [2.75, 3.05) is 13.2 Å². The Bertz CT molecular complexity index is 603. The number of carbonyl (C=O) groups is 1. The lowest BCUT2D eigenvalue weighted by Gasteiger charge is -2.15. The van der Waals surface area contributed by atoms with Gasteiger partial charge in [0.25, 0.3) is 5.91 Å². The third-order valence-corrected chi connectivity index (χ3v) is 3.62. The number of rotatable bonds is 7. The van der Waals surface area contributed by atoms with Gasteiger partial charge >= 0.3 is 0 Å². The van der Waals surface area contributed by atoms with Gasteiger partial charge in [0, 0.05) is 19.3 Å². The topological polar surface area (TPSA) is 79.5 Å². The zero-order valence-electron chi connectivity index (χ0n) is 12.5. The quantitative estimate of drug-likeness (QED) is 0.811. The second-order valence-corrected chi connectivity index (χ2v) is 5.27. The fourth-order valence-corrected chi connectivity index (χ4v) is 2.42. The van der Waals surface area contributed by atoms with Crippen LogP contribution in [0.2, 0.25) is 0 Å². The van der Waals surface area contributed by atoms with E-state index >= 15 is 0 Å². The van der Waals surface area contributed by atoms with E-state index in [-0.39, 0.29) is 12.5 Å². The zero-order chi connectivity index (χ0) is 15.2. The number of fused-ring (bicyclic) bond motifs is 1. The van der Waals surface area contributed by atoms with Gasteiger partial charge in [0.05, 0.1) is 5.56 Å². The number of hydrogen-bond donors (Lipinski definition) is 2. The lowest BCUT2D eigenvalue weighted by molar-refractivity contribution is 0.0942. The van der Waals surface area contributed by atoms with Crippen LogP contribution in [0.1, 0.15) is 42.4 Å². The molecule has 0 aliphatic carbocycles. The van der Waals surface area contributed by atoms with E-state index in [1.807, 2.05) is 6.92 Å². The lowest BCUT2D eigenvalue weighted by atomic mass is 10.0.